The van der Waals surface area contributed by atoms with Crippen molar-refractivity contribution in [1.82, 2.24) is 0 Å². The summed E-state index contributed by atoms with van der Waals surface area (Å²) in [6, 6.07) is 0. The van der Waals surface area contributed by atoms with E-state index in [1.165, 1.54) is 7.11 Å². The molecule has 4 aliphatic rings. The third-order valence-corrected chi connectivity index (χ3v) is 9.63. The molecule has 0 aliphatic heterocycles. The summed E-state index contributed by atoms with van der Waals surface area (Å²) in [5.41, 5.74) is -1.62. The molecule has 3 fully saturated rings. The second-order valence-corrected chi connectivity index (χ2v) is 11.1. The van der Waals surface area contributed by atoms with Gasteiger partial charge in [0, 0.05) is 11.8 Å². The lowest BCUT2D eigenvalue weighted by atomic mass is 9.45. The van der Waals surface area contributed by atoms with Crippen molar-refractivity contribution >= 4 is 23.5 Å². The molecule has 3 saturated carbocycles. The van der Waals surface area contributed by atoms with Gasteiger partial charge in [-0.3, -0.25) is 19.2 Å². The molecule has 4 aliphatic carbocycles. The number of hydrogen-bond acceptors (Lipinski definition) is 8. The van der Waals surface area contributed by atoms with Gasteiger partial charge in [0.05, 0.1) is 26.1 Å². The topological polar surface area (TPSA) is 127 Å². The zero-order valence-corrected chi connectivity index (χ0v) is 20.3. The molecule has 8 heteroatoms. The van der Waals surface area contributed by atoms with Crippen LogP contribution in [0.5, 0.6) is 0 Å². The first-order valence-corrected chi connectivity index (χ1v) is 12.4. The highest BCUT2D eigenvalue weighted by Crippen LogP contribution is 2.67. The van der Waals surface area contributed by atoms with Crippen LogP contribution in [-0.4, -0.2) is 59.1 Å². The molecule has 0 aromatic rings. The fraction of sp³-hybridized carbons (Fsp3) is 0.769. The summed E-state index contributed by atoms with van der Waals surface area (Å²) in [7, 11) is 1.23. The van der Waals surface area contributed by atoms with E-state index >= 15 is 0 Å². The van der Waals surface area contributed by atoms with Crippen molar-refractivity contribution in [2.24, 2.45) is 28.6 Å². The quantitative estimate of drug-likeness (QED) is 0.559. The van der Waals surface area contributed by atoms with E-state index in [9.17, 15) is 29.4 Å². The molecule has 0 spiro atoms. The minimum absolute atomic E-state index is 0.00715. The van der Waals surface area contributed by atoms with Gasteiger partial charge < -0.3 is 19.7 Å². The van der Waals surface area contributed by atoms with Gasteiger partial charge in [-0.1, -0.05) is 19.4 Å². The first-order valence-electron chi connectivity index (χ1n) is 12.4. The minimum Gasteiger partial charge on any atom is -0.469 e. The van der Waals surface area contributed by atoms with Gasteiger partial charge in [0.15, 0.2) is 12.4 Å². The lowest BCUT2D eigenvalue weighted by Gasteiger charge is -2.60. The monoisotopic (exact) mass is 476 g/mol. The van der Waals surface area contributed by atoms with Gasteiger partial charge in [-0.15, -0.1) is 0 Å². The zero-order valence-electron chi connectivity index (χ0n) is 20.3. The van der Waals surface area contributed by atoms with Gasteiger partial charge in [0.25, 0.3) is 0 Å². The highest BCUT2D eigenvalue weighted by atomic mass is 16.5. The molecule has 4 rings (SSSR count). The third-order valence-electron chi connectivity index (χ3n) is 9.63. The number of esters is 2. The molecule has 8 nitrogen and oxygen atoms in total. The molecule has 7 atom stereocenters. The van der Waals surface area contributed by atoms with Crippen LogP contribution in [0.2, 0.25) is 0 Å². The van der Waals surface area contributed by atoms with Crippen LogP contribution in [0, 0.1) is 28.6 Å². The molecule has 2 N–H and O–H groups in total. The summed E-state index contributed by atoms with van der Waals surface area (Å²) in [4.78, 5) is 48.4. The van der Waals surface area contributed by atoms with Gasteiger partial charge >= 0.3 is 11.9 Å². The maximum atomic E-state index is 13.2. The Hall–Kier alpha value is -2.06. The number of aliphatic hydroxyl groups is 2. The molecule has 0 bridgehead atoms. The number of Topliss-reactive ketones (excluding diaryl/α,β-unsaturated/α-hetero) is 1. The lowest BCUT2D eigenvalue weighted by molar-refractivity contribution is -0.184. The molecule has 0 heterocycles. The van der Waals surface area contributed by atoms with Crippen molar-refractivity contribution in [1.29, 1.82) is 0 Å². The Morgan fingerprint density at radius 3 is 2.50 bits per heavy atom. The zero-order chi connectivity index (χ0) is 24.9. The predicted molar refractivity (Wildman–Crippen MR) is 120 cm³/mol. The first-order chi connectivity index (χ1) is 16.0. The Morgan fingerprint density at radius 1 is 1.09 bits per heavy atom. The number of allylic oxidation sites excluding steroid dienone is 1. The van der Waals surface area contributed by atoms with Crippen LogP contribution < -0.4 is 0 Å². The summed E-state index contributed by atoms with van der Waals surface area (Å²) in [5.74, 6) is -1.44. The van der Waals surface area contributed by atoms with E-state index in [1.54, 1.807) is 6.08 Å². The lowest BCUT2D eigenvalue weighted by Crippen LogP contribution is -2.62. The normalized spacial score (nSPS) is 41.0. The molecular weight excluding hydrogens is 440 g/mol. The number of aliphatic hydroxyl groups excluding tert-OH is 1. The number of ketones is 2. The van der Waals surface area contributed by atoms with Crippen LogP contribution >= 0.6 is 0 Å². The first kappa shape index (κ1) is 25.0. The van der Waals surface area contributed by atoms with Gasteiger partial charge in [0.2, 0.25) is 5.78 Å². The van der Waals surface area contributed by atoms with Crippen molar-refractivity contribution in [3.8, 4) is 0 Å². The van der Waals surface area contributed by atoms with E-state index in [-0.39, 0.29) is 54.6 Å². The van der Waals surface area contributed by atoms with Crippen molar-refractivity contribution in [3.05, 3.63) is 11.6 Å². The fourth-order valence-corrected chi connectivity index (χ4v) is 7.79. The molecule has 0 saturated heterocycles. The summed E-state index contributed by atoms with van der Waals surface area (Å²) < 4.78 is 9.57. The number of fused-ring (bicyclic) bond motifs is 5. The Bertz CT molecular complexity index is 924. The maximum absolute atomic E-state index is 13.2. The van der Waals surface area contributed by atoms with E-state index in [0.717, 1.165) is 24.8 Å². The van der Waals surface area contributed by atoms with Crippen LogP contribution in [0.3, 0.4) is 0 Å². The van der Waals surface area contributed by atoms with E-state index in [2.05, 4.69) is 11.7 Å². The smallest absolute Gasteiger partial charge is 0.306 e. The van der Waals surface area contributed by atoms with Gasteiger partial charge in [0.1, 0.15) is 5.60 Å². The number of rotatable bonds is 6. The molecular formula is C26H36O8. The number of ether oxygens (including phenoxy) is 2. The molecule has 34 heavy (non-hydrogen) atoms. The second kappa shape index (κ2) is 8.86. The Morgan fingerprint density at radius 2 is 1.79 bits per heavy atom. The molecule has 0 amide bonds. The van der Waals surface area contributed by atoms with Crippen LogP contribution in [0.1, 0.15) is 71.6 Å². The number of carbonyl (C=O) groups excluding carboxylic acids is 4. The Balaban J connectivity index is 1.50. The standard InChI is InChI=1S/C26H36O8/c1-24-10-8-16(27)12-15(24)4-5-17-18-9-11-26(32,25(18,2)13-19(28)23(17)24)20(29)14-34-22(31)7-6-21(30)33-3/h12,17-19,23,28,32H,4-11,13-14H2,1-3H3/t17-,18-,19-,23+,24-,25-,26-/m0/s1. The minimum atomic E-state index is -1.69. The van der Waals surface area contributed by atoms with E-state index in [0.29, 0.717) is 12.8 Å². The number of methoxy groups -OCH3 is 1. The van der Waals surface area contributed by atoms with Crippen LogP contribution in [-0.2, 0) is 28.7 Å². The van der Waals surface area contributed by atoms with Crippen molar-refractivity contribution in [2.45, 2.75) is 83.3 Å². The van der Waals surface area contributed by atoms with Gasteiger partial charge in [-0.25, -0.2) is 0 Å². The molecule has 188 valence electrons. The van der Waals surface area contributed by atoms with Crippen LogP contribution in [0.15, 0.2) is 11.6 Å². The summed E-state index contributed by atoms with van der Waals surface area (Å²) >= 11 is 0. The van der Waals surface area contributed by atoms with Crippen molar-refractivity contribution in [2.75, 3.05) is 13.7 Å². The van der Waals surface area contributed by atoms with Crippen LogP contribution in [0.25, 0.3) is 0 Å². The Labute approximate surface area is 200 Å². The summed E-state index contributed by atoms with van der Waals surface area (Å²) in [6.45, 7) is 3.49. The average Bonchev–Trinajstić information content (AvgIpc) is 3.07. The number of hydrogen-bond donors (Lipinski definition) is 2. The molecule has 0 aromatic carbocycles. The largest absolute Gasteiger partial charge is 0.469 e. The van der Waals surface area contributed by atoms with Crippen molar-refractivity contribution in [3.63, 3.8) is 0 Å². The highest BCUT2D eigenvalue weighted by molar-refractivity contribution is 5.92. The summed E-state index contributed by atoms with van der Waals surface area (Å²) in [6.07, 6.45) is 4.80. The SMILES string of the molecule is COC(=O)CCC(=O)OCC(=O)[C@@]1(O)CC[C@H]2[C@@H]3CCC4=CC(=O)CC[C@]4(C)[C@H]3[C@@H](O)C[C@@]21C. The number of carbonyl (C=O) groups is 4. The maximum Gasteiger partial charge on any atom is 0.306 e. The van der Waals surface area contributed by atoms with Crippen LogP contribution in [0.4, 0.5) is 0 Å². The van der Waals surface area contributed by atoms with Crippen molar-refractivity contribution < 1.29 is 38.9 Å². The second-order valence-electron chi connectivity index (χ2n) is 11.1. The molecule has 0 radical (unpaired) electrons. The molecule has 0 unspecified atom stereocenters. The average molecular weight is 477 g/mol. The van der Waals surface area contributed by atoms with Gasteiger partial charge in [-0.2, -0.15) is 0 Å². The van der Waals surface area contributed by atoms with Gasteiger partial charge in [-0.05, 0) is 67.8 Å². The predicted octanol–water partition coefficient (Wildman–Crippen LogP) is 2.29. The highest BCUT2D eigenvalue weighted by Gasteiger charge is 2.68. The van der Waals surface area contributed by atoms with E-state index < -0.39 is 41.4 Å². The molecule has 0 aromatic heterocycles. The van der Waals surface area contributed by atoms with E-state index in [4.69, 9.17) is 4.74 Å². The third kappa shape index (κ3) is 3.83. The summed E-state index contributed by atoms with van der Waals surface area (Å²) in [5, 5.41) is 23.0. The fourth-order valence-electron chi connectivity index (χ4n) is 7.79. The van der Waals surface area contributed by atoms with E-state index in [1.807, 2.05) is 6.92 Å². The Kier molecular flexibility index (Phi) is 6.53.